The molecule has 0 unspecified atom stereocenters. The van der Waals surface area contributed by atoms with Crippen molar-refractivity contribution in [1.29, 1.82) is 0 Å². The second kappa shape index (κ2) is 3.28. The SMILES string of the molecule is Cc1csc(-c2nc(N)nc3nc[nH]c23)c1. The lowest BCUT2D eigenvalue weighted by molar-refractivity contribution is 1.22. The number of nitrogens with one attached hydrogen (secondary N) is 1. The Kier molecular flexibility index (Phi) is 1.90. The first kappa shape index (κ1) is 9.29. The molecule has 5 nitrogen and oxygen atoms in total. The summed E-state index contributed by atoms with van der Waals surface area (Å²) in [6.07, 6.45) is 1.60. The van der Waals surface area contributed by atoms with E-state index in [0.29, 0.717) is 5.65 Å². The summed E-state index contributed by atoms with van der Waals surface area (Å²) in [5.74, 6) is 0.251. The van der Waals surface area contributed by atoms with Crippen molar-refractivity contribution in [2.45, 2.75) is 6.92 Å². The fourth-order valence-corrected chi connectivity index (χ4v) is 2.48. The maximum absolute atomic E-state index is 5.66. The highest BCUT2D eigenvalue weighted by molar-refractivity contribution is 7.13. The van der Waals surface area contributed by atoms with Gasteiger partial charge in [-0.15, -0.1) is 11.3 Å². The number of fused-ring (bicyclic) bond motifs is 1. The highest BCUT2D eigenvalue weighted by atomic mass is 32.1. The Morgan fingerprint density at radius 2 is 2.25 bits per heavy atom. The number of nitrogen functional groups attached to an aromatic ring is 1. The van der Waals surface area contributed by atoms with Gasteiger partial charge in [-0.3, -0.25) is 0 Å². The smallest absolute Gasteiger partial charge is 0.222 e. The third kappa shape index (κ3) is 1.35. The molecule has 0 aliphatic heterocycles. The number of imidazole rings is 1. The van der Waals surface area contributed by atoms with Gasteiger partial charge in [0.15, 0.2) is 5.65 Å². The minimum atomic E-state index is 0.251. The van der Waals surface area contributed by atoms with E-state index in [-0.39, 0.29) is 5.95 Å². The van der Waals surface area contributed by atoms with Gasteiger partial charge in [0, 0.05) is 0 Å². The van der Waals surface area contributed by atoms with Crippen molar-refractivity contribution in [2.75, 3.05) is 5.73 Å². The van der Waals surface area contributed by atoms with Crippen LogP contribution in [0.1, 0.15) is 5.56 Å². The molecule has 16 heavy (non-hydrogen) atoms. The second-order valence-corrected chi connectivity index (χ2v) is 4.43. The number of thiophene rings is 1. The van der Waals surface area contributed by atoms with Crippen LogP contribution in [-0.2, 0) is 0 Å². The van der Waals surface area contributed by atoms with Crippen molar-refractivity contribution in [1.82, 2.24) is 19.9 Å². The standard InChI is InChI=1S/C10H9N5S/c1-5-2-6(16-3-5)7-8-9(13-4-12-8)15-10(11)14-7/h2-4H,1H3,(H3,11,12,13,14,15). The second-order valence-electron chi connectivity index (χ2n) is 3.52. The van der Waals surface area contributed by atoms with E-state index in [4.69, 9.17) is 5.73 Å². The molecule has 3 aromatic heterocycles. The number of hydrogen-bond donors (Lipinski definition) is 2. The molecule has 0 amide bonds. The molecule has 6 heteroatoms. The zero-order valence-corrected chi connectivity index (χ0v) is 9.38. The summed E-state index contributed by atoms with van der Waals surface area (Å²) < 4.78 is 0. The van der Waals surface area contributed by atoms with Crippen LogP contribution in [0.3, 0.4) is 0 Å². The Bertz CT molecular complexity index is 654. The molecule has 3 aromatic rings. The van der Waals surface area contributed by atoms with E-state index in [2.05, 4.69) is 38.3 Å². The topological polar surface area (TPSA) is 80.5 Å². The van der Waals surface area contributed by atoms with Crippen LogP contribution in [0.2, 0.25) is 0 Å². The first-order valence-corrected chi connectivity index (χ1v) is 5.64. The van der Waals surface area contributed by atoms with Gasteiger partial charge in [-0.2, -0.15) is 4.98 Å². The fourth-order valence-electron chi connectivity index (χ4n) is 1.58. The van der Waals surface area contributed by atoms with Gasteiger partial charge in [0.25, 0.3) is 0 Å². The summed E-state index contributed by atoms with van der Waals surface area (Å²) in [5.41, 5.74) is 9.12. The van der Waals surface area contributed by atoms with Crippen molar-refractivity contribution >= 4 is 28.4 Å². The molecule has 0 bridgehead atoms. The van der Waals surface area contributed by atoms with Crippen LogP contribution in [-0.4, -0.2) is 19.9 Å². The molecule has 0 atom stereocenters. The largest absolute Gasteiger partial charge is 0.368 e. The molecule has 0 aromatic carbocycles. The van der Waals surface area contributed by atoms with Gasteiger partial charge in [-0.25, -0.2) is 9.97 Å². The molecule has 0 aliphatic rings. The molecule has 80 valence electrons. The Balaban J connectivity index is 2.33. The van der Waals surface area contributed by atoms with Crippen molar-refractivity contribution in [3.8, 4) is 10.6 Å². The van der Waals surface area contributed by atoms with Crippen molar-refractivity contribution in [3.63, 3.8) is 0 Å². The molecule has 3 heterocycles. The quantitative estimate of drug-likeness (QED) is 0.671. The van der Waals surface area contributed by atoms with Gasteiger partial charge in [-0.05, 0) is 23.9 Å². The molecule has 0 spiro atoms. The van der Waals surface area contributed by atoms with Gasteiger partial charge in [-0.1, -0.05) is 0 Å². The molecule has 3 rings (SSSR count). The summed E-state index contributed by atoms with van der Waals surface area (Å²) in [6, 6.07) is 2.08. The molecule has 0 saturated carbocycles. The Labute approximate surface area is 95.4 Å². The third-order valence-corrected chi connectivity index (χ3v) is 3.32. The Morgan fingerprint density at radius 3 is 3.00 bits per heavy atom. The van der Waals surface area contributed by atoms with E-state index in [1.165, 1.54) is 5.56 Å². The highest BCUT2D eigenvalue weighted by Gasteiger charge is 2.11. The molecule has 0 radical (unpaired) electrons. The minimum absolute atomic E-state index is 0.251. The van der Waals surface area contributed by atoms with E-state index in [9.17, 15) is 0 Å². The number of aromatic nitrogens is 4. The number of anilines is 1. The van der Waals surface area contributed by atoms with Crippen molar-refractivity contribution < 1.29 is 0 Å². The predicted molar refractivity (Wildman–Crippen MR) is 64.1 cm³/mol. The van der Waals surface area contributed by atoms with Crippen LogP contribution in [0.5, 0.6) is 0 Å². The van der Waals surface area contributed by atoms with Gasteiger partial charge in [0.2, 0.25) is 5.95 Å². The van der Waals surface area contributed by atoms with Crippen molar-refractivity contribution in [3.05, 3.63) is 23.3 Å². The molecule has 0 aliphatic carbocycles. The van der Waals surface area contributed by atoms with E-state index >= 15 is 0 Å². The lowest BCUT2D eigenvalue weighted by Gasteiger charge is -1.99. The average Bonchev–Trinajstić information content (AvgIpc) is 2.84. The summed E-state index contributed by atoms with van der Waals surface area (Å²) >= 11 is 1.64. The first-order valence-electron chi connectivity index (χ1n) is 4.76. The number of nitrogens with two attached hydrogens (primary N) is 1. The van der Waals surface area contributed by atoms with E-state index in [1.807, 2.05) is 0 Å². The lowest BCUT2D eigenvalue weighted by Crippen LogP contribution is -1.97. The monoisotopic (exact) mass is 231 g/mol. The number of nitrogens with zero attached hydrogens (tertiary/aromatic N) is 3. The lowest BCUT2D eigenvalue weighted by atomic mass is 10.2. The average molecular weight is 231 g/mol. The summed E-state index contributed by atoms with van der Waals surface area (Å²) in [4.78, 5) is 16.5. The van der Waals surface area contributed by atoms with Gasteiger partial charge >= 0.3 is 0 Å². The van der Waals surface area contributed by atoms with E-state index in [0.717, 1.165) is 16.1 Å². The Morgan fingerprint density at radius 1 is 1.38 bits per heavy atom. The van der Waals surface area contributed by atoms with Crippen molar-refractivity contribution in [2.24, 2.45) is 0 Å². The zero-order valence-electron chi connectivity index (χ0n) is 8.56. The predicted octanol–water partition coefficient (Wildman–Crippen LogP) is 1.97. The molecule has 3 N–H and O–H groups in total. The normalized spacial score (nSPS) is 11.1. The summed E-state index contributed by atoms with van der Waals surface area (Å²) in [6.45, 7) is 2.05. The maximum atomic E-state index is 5.66. The van der Waals surface area contributed by atoms with Gasteiger partial charge in [0.05, 0.1) is 11.2 Å². The number of aromatic amines is 1. The minimum Gasteiger partial charge on any atom is -0.368 e. The molecule has 0 fully saturated rings. The van der Waals surface area contributed by atoms with Gasteiger partial charge in [0.1, 0.15) is 11.2 Å². The molecular weight excluding hydrogens is 222 g/mol. The summed E-state index contributed by atoms with van der Waals surface area (Å²) in [5, 5.41) is 2.08. The number of rotatable bonds is 1. The Hall–Kier alpha value is -1.95. The van der Waals surface area contributed by atoms with Crippen LogP contribution >= 0.6 is 11.3 Å². The summed E-state index contributed by atoms with van der Waals surface area (Å²) in [7, 11) is 0. The van der Waals surface area contributed by atoms with Crippen LogP contribution in [0, 0.1) is 6.92 Å². The van der Waals surface area contributed by atoms with Crippen LogP contribution in [0.4, 0.5) is 5.95 Å². The fraction of sp³-hybridized carbons (Fsp3) is 0.100. The van der Waals surface area contributed by atoms with Crippen LogP contribution in [0.15, 0.2) is 17.8 Å². The number of aryl methyl sites for hydroxylation is 1. The molecule has 0 saturated heterocycles. The zero-order chi connectivity index (χ0) is 11.1. The van der Waals surface area contributed by atoms with E-state index < -0.39 is 0 Å². The number of H-pyrrole nitrogens is 1. The number of hydrogen-bond acceptors (Lipinski definition) is 5. The maximum Gasteiger partial charge on any atom is 0.222 e. The van der Waals surface area contributed by atoms with Crippen LogP contribution in [0.25, 0.3) is 21.7 Å². The first-order chi connectivity index (χ1) is 7.74. The van der Waals surface area contributed by atoms with Crippen LogP contribution < -0.4 is 5.73 Å². The highest BCUT2D eigenvalue weighted by Crippen LogP contribution is 2.29. The van der Waals surface area contributed by atoms with E-state index in [1.54, 1.807) is 17.7 Å². The third-order valence-electron chi connectivity index (χ3n) is 2.27. The molecular formula is C10H9N5S. The van der Waals surface area contributed by atoms with Gasteiger partial charge < -0.3 is 10.7 Å².